The van der Waals surface area contributed by atoms with Crippen molar-refractivity contribution in [1.29, 1.82) is 0 Å². The van der Waals surface area contributed by atoms with E-state index in [1.165, 1.54) is 11.1 Å². The standard InChI is InChI=1S/C42H59ClN4O7S2/c1-4-54-42(47-20-7-9-31(24-47)26-55(49,50)21-19-44)18-5-8-29(2)30(3)56(51,52)45-40(48)33-12-16-39-38(23-33)46(25-34-11-14-37(34)42)27-41(28-53-39)17-6-10-32-22-35(43)13-15-36(32)41/h5,12-13,15-16,18,22-23,29-31,34,37H,4,6-11,14,17,19-21,24-28,44H2,1-3H3,(H,45,48)/b18-5+/t29-,30+,31+,34-,37+,41-,42+/m0/s1. The van der Waals surface area contributed by atoms with Gasteiger partial charge in [0.15, 0.2) is 9.84 Å². The van der Waals surface area contributed by atoms with Gasteiger partial charge in [0.25, 0.3) is 5.91 Å². The third-order valence-corrected chi connectivity index (χ3v) is 17.4. The number of sulfonamides is 1. The number of ether oxygens (including phenoxy) is 2. The highest BCUT2D eigenvalue weighted by Gasteiger charge is 2.53. The number of rotatable bonds is 7. The number of carbonyl (C=O) groups is 1. The van der Waals surface area contributed by atoms with E-state index in [1.807, 2.05) is 26.0 Å². The molecular weight excluding hydrogens is 772 g/mol. The number of nitrogens with two attached hydrogens (primary N) is 1. The molecule has 14 heteroatoms. The summed E-state index contributed by atoms with van der Waals surface area (Å²) >= 11 is 6.51. The number of hydrogen-bond acceptors (Lipinski definition) is 10. The highest BCUT2D eigenvalue weighted by atomic mass is 35.5. The monoisotopic (exact) mass is 830 g/mol. The summed E-state index contributed by atoms with van der Waals surface area (Å²) in [5.74, 6) is 0.000885. The van der Waals surface area contributed by atoms with Crippen LogP contribution in [-0.2, 0) is 36.4 Å². The summed E-state index contributed by atoms with van der Waals surface area (Å²) in [5, 5.41) is -0.137. The minimum absolute atomic E-state index is 0.0219. The molecule has 1 amide bonds. The lowest BCUT2D eigenvalue weighted by Gasteiger charge is -2.56. The summed E-state index contributed by atoms with van der Waals surface area (Å²) in [7, 11) is -7.33. The van der Waals surface area contributed by atoms with Gasteiger partial charge >= 0.3 is 0 Å². The number of benzene rings is 2. The Morgan fingerprint density at radius 1 is 1.09 bits per heavy atom. The molecule has 1 saturated carbocycles. The van der Waals surface area contributed by atoms with E-state index < -0.39 is 36.7 Å². The molecule has 0 unspecified atom stereocenters. The minimum atomic E-state index is -4.03. The smallest absolute Gasteiger partial charge is 0.264 e. The van der Waals surface area contributed by atoms with Gasteiger partial charge in [-0.3, -0.25) is 9.69 Å². The maximum absolute atomic E-state index is 13.7. The molecule has 56 heavy (non-hydrogen) atoms. The average molecular weight is 832 g/mol. The van der Waals surface area contributed by atoms with Gasteiger partial charge in [-0.15, -0.1) is 0 Å². The van der Waals surface area contributed by atoms with Gasteiger partial charge in [0.2, 0.25) is 10.0 Å². The van der Waals surface area contributed by atoms with Crippen LogP contribution >= 0.6 is 11.6 Å². The molecule has 3 heterocycles. The number of allylic oxidation sites excluding steroid dienone is 1. The first-order chi connectivity index (χ1) is 26.7. The Kier molecular flexibility index (Phi) is 12.2. The SMILES string of the molecule is CCO[C@]1(N2CCC[C@@H](CS(=O)(=O)CCN)C2)/C=C/C[C@H](C)[C@@H](C)S(=O)(=O)NC(=O)c2ccc3c(c2)N(C[C@@H]2CC[C@H]21)C[C@@]1(CCCc2cc(Cl)ccc21)CO3. The molecule has 1 spiro atoms. The minimum Gasteiger partial charge on any atom is -0.490 e. The molecule has 0 aromatic heterocycles. The zero-order valence-corrected chi connectivity index (χ0v) is 35.4. The summed E-state index contributed by atoms with van der Waals surface area (Å²) in [4.78, 5) is 18.5. The molecule has 308 valence electrons. The number of nitrogens with zero attached hydrogens (tertiary/aromatic N) is 2. The second kappa shape index (κ2) is 16.5. The molecule has 2 aromatic carbocycles. The Labute approximate surface area is 338 Å². The molecule has 2 aromatic rings. The number of fused-ring (bicyclic) bond motifs is 4. The van der Waals surface area contributed by atoms with Gasteiger partial charge in [-0.1, -0.05) is 30.7 Å². The van der Waals surface area contributed by atoms with Gasteiger partial charge < -0.3 is 20.1 Å². The fraction of sp³-hybridized carbons (Fsp3) is 0.643. The van der Waals surface area contributed by atoms with Gasteiger partial charge in [-0.25, -0.2) is 21.6 Å². The molecule has 2 fully saturated rings. The predicted molar refractivity (Wildman–Crippen MR) is 222 cm³/mol. The number of piperidine rings is 1. The topological polar surface area (TPSA) is 148 Å². The van der Waals surface area contributed by atoms with Crippen molar-refractivity contribution < 1.29 is 31.1 Å². The van der Waals surface area contributed by atoms with Crippen molar-refractivity contribution in [3.63, 3.8) is 0 Å². The Bertz CT molecular complexity index is 2030. The van der Waals surface area contributed by atoms with E-state index in [1.54, 1.807) is 19.1 Å². The number of halogens is 1. The number of nitrogens with one attached hydrogen (secondary N) is 1. The molecule has 5 aliphatic rings. The average Bonchev–Trinajstić information content (AvgIpc) is 3.28. The van der Waals surface area contributed by atoms with Gasteiger partial charge in [0.1, 0.15) is 11.5 Å². The quantitative estimate of drug-likeness (QED) is 0.333. The van der Waals surface area contributed by atoms with Crippen LogP contribution in [0.15, 0.2) is 48.6 Å². The van der Waals surface area contributed by atoms with Crippen molar-refractivity contribution in [3.8, 4) is 5.75 Å². The number of hydrogen-bond donors (Lipinski definition) is 2. The van der Waals surface area contributed by atoms with Crippen LogP contribution < -0.4 is 20.1 Å². The van der Waals surface area contributed by atoms with E-state index >= 15 is 0 Å². The summed E-state index contributed by atoms with van der Waals surface area (Å²) in [6.45, 7) is 9.24. The lowest BCUT2D eigenvalue weighted by atomic mass is 9.65. The molecule has 0 radical (unpaired) electrons. The summed E-state index contributed by atoms with van der Waals surface area (Å²) in [5.41, 5.74) is 8.03. The Morgan fingerprint density at radius 2 is 1.91 bits per heavy atom. The van der Waals surface area contributed by atoms with Gasteiger partial charge in [-0.2, -0.15) is 0 Å². The maximum Gasteiger partial charge on any atom is 0.264 e. The van der Waals surface area contributed by atoms with Crippen molar-refractivity contribution in [1.82, 2.24) is 9.62 Å². The van der Waals surface area contributed by atoms with Gasteiger partial charge in [0.05, 0.1) is 29.0 Å². The number of sulfone groups is 1. The molecule has 3 N–H and O–H groups in total. The molecule has 7 rings (SSSR count). The number of carbonyl (C=O) groups excluding carboxylic acids is 1. The number of aryl methyl sites for hydroxylation is 1. The third-order valence-electron chi connectivity index (χ3n) is 13.4. The van der Waals surface area contributed by atoms with Crippen molar-refractivity contribution in [2.45, 2.75) is 88.5 Å². The van der Waals surface area contributed by atoms with Gasteiger partial charge in [-0.05, 0) is 131 Å². The van der Waals surface area contributed by atoms with E-state index in [0.29, 0.717) is 50.0 Å². The number of likely N-dealkylation sites (tertiary alicyclic amines) is 1. The summed E-state index contributed by atoms with van der Waals surface area (Å²) in [6.07, 6.45) is 11.1. The largest absolute Gasteiger partial charge is 0.490 e. The van der Waals surface area contributed by atoms with Crippen molar-refractivity contribution >= 4 is 43.1 Å². The van der Waals surface area contributed by atoms with Crippen LogP contribution in [0.4, 0.5) is 5.69 Å². The van der Waals surface area contributed by atoms with Gasteiger partial charge in [0, 0.05) is 61.2 Å². The van der Waals surface area contributed by atoms with Crippen molar-refractivity contribution in [2.75, 3.05) is 62.3 Å². The molecule has 3 aliphatic heterocycles. The van der Waals surface area contributed by atoms with E-state index in [4.69, 9.17) is 26.8 Å². The Balaban J connectivity index is 1.32. The Hall–Kier alpha value is -2.68. The number of anilines is 1. The zero-order valence-electron chi connectivity index (χ0n) is 33.1. The third kappa shape index (κ3) is 8.27. The van der Waals surface area contributed by atoms with Crippen LogP contribution in [0.3, 0.4) is 0 Å². The predicted octanol–water partition coefficient (Wildman–Crippen LogP) is 5.70. The van der Waals surface area contributed by atoms with E-state index in [-0.39, 0.29) is 52.7 Å². The highest BCUT2D eigenvalue weighted by Crippen LogP contribution is 2.50. The maximum atomic E-state index is 13.7. The van der Waals surface area contributed by atoms with Crippen LogP contribution in [0.5, 0.6) is 5.75 Å². The fourth-order valence-electron chi connectivity index (χ4n) is 10.2. The van der Waals surface area contributed by atoms with Crippen LogP contribution in [-0.4, -0.2) is 96.1 Å². The fourth-order valence-corrected chi connectivity index (χ4v) is 13.2. The lowest BCUT2D eigenvalue weighted by molar-refractivity contribution is -0.195. The highest BCUT2D eigenvalue weighted by molar-refractivity contribution is 7.91. The second-order valence-electron chi connectivity index (χ2n) is 17.1. The first-order valence-corrected chi connectivity index (χ1v) is 24.3. The molecule has 11 nitrogen and oxygen atoms in total. The van der Waals surface area contributed by atoms with Crippen molar-refractivity contribution in [3.05, 3.63) is 70.3 Å². The second-order valence-corrected chi connectivity index (χ2v) is 21.8. The molecule has 2 aliphatic carbocycles. The van der Waals surface area contributed by atoms with E-state index in [9.17, 15) is 21.6 Å². The van der Waals surface area contributed by atoms with Crippen molar-refractivity contribution in [2.24, 2.45) is 29.4 Å². The van der Waals surface area contributed by atoms with Crippen LogP contribution in [0, 0.1) is 23.7 Å². The molecular formula is C42H59ClN4O7S2. The first-order valence-electron chi connectivity index (χ1n) is 20.5. The summed E-state index contributed by atoms with van der Waals surface area (Å²) in [6, 6.07) is 11.4. The van der Waals surface area contributed by atoms with Crippen LogP contribution in [0.1, 0.15) is 87.2 Å². The van der Waals surface area contributed by atoms with E-state index in [0.717, 1.165) is 57.2 Å². The van der Waals surface area contributed by atoms with Crippen LogP contribution in [0.2, 0.25) is 5.02 Å². The Morgan fingerprint density at radius 3 is 2.66 bits per heavy atom. The van der Waals surface area contributed by atoms with E-state index in [2.05, 4.69) is 38.8 Å². The normalized spacial score (nSPS) is 32.9. The summed E-state index contributed by atoms with van der Waals surface area (Å²) < 4.78 is 69.5. The molecule has 2 bridgehead atoms. The molecule has 7 atom stereocenters. The first kappa shape index (κ1) is 41.5. The number of amides is 1. The van der Waals surface area contributed by atoms with Crippen LogP contribution in [0.25, 0.3) is 0 Å². The zero-order chi connectivity index (χ0) is 39.9. The molecule has 1 saturated heterocycles. The lowest BCUT2D eigenvalue weighted by Crippen LogP contribution is -2.63.